The van der Waals surface area contributed by atoms with Crippen molar-refractivity contribution in [3.63, 3.8) is 0 Å². The monoisotopic (exact) mass is 350 g/mol. The van der Waals surface area contributed by atoms with Crippen molar-refractivity contribution in [3.05, 3.63) is 46.2 Å². The van der Waals surface area contributed by atoms with E-state index in [1.807, 2.05) is 0 Å². The maximum atomic E-state index is 14.0. The van der Waals surface area contributed by atoms with E-state index < -0.39 is 34.0 Å². The Bertz CT molecular complexity index is 855. The summed E-state index contributed by atoms with van der Waals surface area (Å²) in [6, 6.07) is 3.50. The molecule has 2 heterocycles. The van der Waals surface area contributed by atoms with Crippen LogP contribution in [0.15, 0.2) is 24.5 Å². The van der Waals surface area contributed by atoms with Crippen molar-refractivity contribution in [2.24, 2.45) is 0 Å². The molecular weight excluding hydrogens is 347 g/mol. The number of fused-ring (bicyclic) bond motifs is 1. The number of alkyl halides is 3. The quantitative estimate of drug-likeness (QED) is 0.486. The number of nitrogens with zero attached hydrogens (tertiary/aromatic N) is 4. The Balaban J connectivity index is 2.49. The lowest BCUT2D eigenvalue weighted by Gasteiger charge is -2.15. The summed E-state index contributed by atoms with van der Waals surface area (Å²) in [5.74, 6) is -1.31. The van der Waals surface area contributed by atoms with Crippen molar-refractivity contribution in [3.8, 4) is 11.1 Å². The van der Waals surface area contributed by atoms with E-state index in [1.54, 1.807) is 0 Å². The minimum atomic E-state index is -4.88. The van der Waals surface area contributed by atoms with Crippen LogP contribution in [0.2, 0.25) is 10.2 Å². The number of aromatic nitrogens is 4. The van der Waals surface area contributed by atoms with Crippen LogP contribution in [0.5, 0.6) is 0 Å². The molecule has 3 aromatic rings. The first kappa shape index (κ1) is 15.0. The fourth-order valence-electron chi connectivity index (χ4n) is 1.97. The number of hydrogen-bond donors (Lipinski definition) is 0. The molecule has 0 unspecified atom stereocenters. The molecule has 0 fully saturated rings. The van der Waals surface area contributed by atoms with E-state index >= 15 is 0 Å². The normalized spacial score (nSPS) is 12.1. The maximum absolute atomic E-state index is 14.0. The molecule has 22 heavy (non-hydrogen) atoms. The molecule has 2 aromatic heterocycles. The second-order valence-corrected chi connectivity index (χ2v) is 4.96. The molecule has 0 bridgehead atoms. The van der Waals surface area contributed by atoms with E-state index in [0.717, 1.165) is 16.9 Å². The Morgan fingerprint density at radius 1 is 1.09 bits per heavy atom. The molecule has 0 spiro atoms. The van der Waals surface area contributed by atoms with Crippen molar-refractivity contribution in [1.29, 1.82) is 0 Å². The average molecular weight is 351 g/mol. The summed E-state index contributed by atoms with van der Waals surface area (Å²) in [6.07, 6.45) is -3.89. The van der Waals surface area contributed by atoms with Gasteiger partial charge in [0.05, 0.1) is 10.6 Å². The third kappa shape index (κ3) is 2.28. The van der Waals surface area contributed by atoms with Crippen LogP contribution in [0, 0.1) is 5.82 Å². The SMILES string of the molecule is Fc1cccc(Cl)c1-c1c(C(F)(F)F)nc2ncnn2c1Cl. The predicted octanol–water partition coefficient (Wildman–Crippen LogP) is 4.26. The number of benzene rings is 1. The van der Waals surface area contributed by atoms with Crippen LogP contribution in [0.25, 0.3) is 16.9 Å². The molecule has 0 aliphatic rings. The van der Waals surface area contributed by atoms with Gasteiger partial charge in [0.25, 0.3) is 5.78 Å². The van der Waals surface area contributed by atoms with Crippen LogP contribution in [0.4, 0.5) is 17.6 Å². The Kier molecular flexibility index (Phi) is 3.45. The second kappa shape index (κ2) is 5.06. The zero-order chi connectivity index (χ0) is 16.1. The first-order chi connectivity index (χ1) is 10.3. The lowest BCUT2D eigenvalue weighted by Crippen LogP contribution is -2.14. The Hall–Kier alpha value is -1.93. The molecule has 0 N–H and O–H groups in total. The first-order valence-corrected chi connectivity index (χ1v) is 6.47. The minimum Gasteiger partial charge on any atom is -0.206 e. The third-order valence-corrected chi connectivity index (χ3v) is 3.52. The van der Waals surface area contributed by atoms with Crippen molar-refractivity contribution in [2.75, 3.05) is 0 Å². The molecule has 114 valence electrons. The van der Waals surface area contributed by atoms with Crippen LogP contribution in [0.3, 0.4) is 0 Å². The predicted molar refractivity (Wildman–Crippen MR) is 71.2 cm³/mol. The summed E-state index contributed by atoms with van der Waals surface area (Å²) in [5, 5.41) is 2.95. The van der Waals surface area contributed by atoms with Gasteiger partial charge in [-0.15, -0.1) is 0 Å². The number of halogens is 6. The van der Waals surface area contributed by atoms with Gasteiger partial charge in [0.1, 0.15) is 17.3 Å². The number of rotatable bonds is 1. The molecule has 0 saturated carbocycles. The smallest absolute Gasteiger partial charge is 0.206 e. The van der Waals surface area contributed by atoms with Gasteiger partial charge in [-0.3, -0.25) is 0 Å². The van der Waals surface area contributed by atoms with Crippen molar-refractivity contribution >= 4 is 29.0 Å². The van der Waals surface area contributed by atoms with Gasteiger partial charge in [-0.1, -0.05) is 29.3 Å². The van der Waals surface area contributed by atoms with Crippen molar-refractivity contribution in [1.82, 2.24) is 19.6 Å². The van der Waals surface area contributed by atoms with E-state index in [9.17, 15) is 17.6 Å². The molecule has 3 rings (SSSR count). The van der Waals surface area contributed by atoms with Gasteiger partial charge in [0.2, 0.25) is 0 Å². The number of hydrogen-bond acceptors (Lipinski definition) is 3. The molecule has 0 aliphatic heterocycles. The third-order valence-electron chi connectivity index (χ3n) is 2.85. The fraction of sp³-hybridized carbons (Fsp3) is 0.0833. The highest BCUT2D eigenvalue weighted by Crippen LogP contribution is 2.43. The van der Waals surface area contributed by atoms with Gasteiger partial charge in [0, 0.05) is 5.56 Å². The zero-order valence-electron chi connectivity index (χ0n) is 10.4. The highest BCUT2D eigenvalue weighted by Gasteiger charge is 2.39. The van der Waals surface area contributed by atoms with Crippen LogP contribution >= 0.6 is 23.2 Å². The van der Waals surface area contributed by atoms with Gasteiger partial charge in [0.15, 0.2) is 5.69 Å². The Morgan fingerprint density at radius 2 is 1.82 bits per heavy atom. The van der Waals surface area contributed by atoms with Gasteiger partial charge >= 0.3 is 6.18 Å². The van der Waals surface area contributed by atoms with E-state index in [0.29, 0.717) is 0 Å². The lowest BCUT2D eigenvalue weighted by molar-refractivity contribution is -0.140. The summed E-state index contributed by atoms with van der Waals surface area (Å²) < 4.78 is 54.7. The summed E-state index contributed by atoms with van der Waals surface area (Å²) in [5.41, 5.74) is -2.56. The van der Waals surface area contributed by atoms with Crippen LogP contribution in [0.1, 0.15) is 5.69 Å². The average Bonchev–Trinajstić information content (AvgIpc) is 2.88. The molecule has 0 aliphatic carbocycles. The zero-order valence-corrected chi connectivity index (χ0v) is 11.9. The molecule has 1 aromatic carbocycles. The van der Waals surface area contributed by atoms with Gasteiger partial charge in [-0.05, 0) is 12.1 Å². The highest BCUT2D eigenvalue weighted by molar-refractivity contribution is 6.36. The van der Waals surface area contributed by atoms with E-state index in [4.69, 9.17) is 23.2 Å². The van der Waals surface area contributed by atoms with Crippen LogP contribution in [-0.4, -0.2) is 19.6 Å². The highest BCUT2D eigenvalue weighted by atomic mass is 35.5. The lowest BCUT2D eigenvalue weighted by atomic mass is 10.0. The Labute approximate surface area is 130 Å². The van der Waals surface area contributed by atoms with Gasteiger partial charge in [-0.2, -0.15) is 27.8 Å². The minimum absolute atomic E-state index is 0.228. The summed E-state index contributed by atoms with van der Waals surface area (Å²) in [7, 11) is 0. The first-order valence-electron chi connectivity index (χ1n) is 5.71. The largest absolute Gasteiger partial charge is 0.434 e. The standard InChI is InChI=1S/C12H4Cl2F4N4/c13-5-2-1-3-6(15)7(5)8-9(12(16,17)18)21-11-19-4-20-22(11)10(8)14/h1-4H. The van der Waals surface area contributed by atoms with Gasteiger partial charge in [-0.25, -0.2) is 9.37 Å². The molecule has 0 amide bonds. The van der Waals surface area contributed by atoms with E-state index in [-0.39, 0.29) is 10.8 Å². The second-order valence-electron chi connectivity index (χ2n) is 4.19. The molecule has 0 atom stereocenters. The van der Waals surface area contributed by atoms with Crippen LogP contribution < -0.4 is 0 Å². The molecular formula is C12H4Cl2F4N4. The van der Waals surface area contributed by atoms with E-state index in [1.165, 1.54) is 12.1 Å². The Morgan fingerprint density at radius 3 is 2.45 bits per heavy atom. The summed E-state index contributed by atoms with van der Waals surface area (Å²) in [4.78, 5) is 6.94. The summed E-state index contributed by atoms with van der Waals surface area (Å²) >= 11 is 11.8. The maximum Gasteiger partial charge on any atom is 0.434 e. The van der Waals surface area contributed by atoms with Gasteiger partial charge < -0.3 is 0 Å². The molecule has 0 radical (unpaired) electrons. The topological polar surface area (TPSA) is 43.1 Å². The fourth-order valence-corrected chi connectivity index (χ4v) is 2.53. The van der Waals surface area contributed by atoms with Crippen LogP contribution in [-0.2, 0) is 6.18 Å². The van der Waals surface area contributed by atoms with E-state index in [2.05, 4.69) is 15.1 Å². The molecule has 0 saturated heterocycles. The summed E-state index contributed by atoms with van der Waals surface area (Å²) in [6.45, 7) is 0. The molecule has 4 nitrogen and oxygen atoms in total. The van der Waals surface area contributed by atoms with Crippen molar-refractivity contribution in [2.45, 2.75) is 6.18 Å². The van der Waals surface area contributed by atoms with Crippen molar-refractivity contribution < 1.29 is 17.6 Å². The molecule has 10 heteroatoms.